The van der Waals surface area contributed by atoms with Crippen molar-refractivity contribution >= 4 is 40.8 Å². The lowest BCUT2D eigenvalue weighted by Crippen LogP contribution is -2.39. The van der Waals surface area contributed by atoms with Crippen LogP contribution in [0.1, 0.15) is 24.0 Å². The van der Waals surface area contributed by atoms with E-state index in [0.29, 0.717) is 0 Å². The topological polar surface area (TPSA) is 61.4 Å². The highest BCUT2D eigenvalue weighted by atomic mass is 127. The highest BCUT2D eigenvalue weighted by Crippen LogP contribution is 2.28. The molecule has 0 amide bonds. The van der Waals surface area contributed by atoms with E-state index in [1.807, 2.05) is 0 Å². The van der Waals surface area contributed by atoms with Crippen LogP contribution in [0.4, 0.5) is 0 Å². The van der Waals surface area contributed by atoms with Gasteiger partial charge >= 0.3 is 0 Å². The highest BCUT2D eigenvalue weighted by molar-refractivity contribution is 14.0. The Morgan fingerprint density at radius 3 is 2.84 bits per heavy atom. The second-order valence-electron chi connectivity index (χ2n) is 6.51. The Balaban J connectivity index is 0.00000225. The van der Waals surface area contributed by atoms with Crippen LogP contribution in [0.5, 0.6) is 0 Å². The third-order valence-corrected chi connectivity index (χ3v) is 4.51. The van der Waals surface area contributed by atoms with Crippen LogP contribution in [-0.2, 0) is 11.2 Å². The molecule has 0 unspecified atom stereocenters. The first-order valence-electron chi connectivity index (χ1n) is 8.85. The summed E-state index contributed by atoms with van der Waals surface area (Å²) in [6.07, 6.45) is 5.75. The van der Waals surface area contributed by atoms with Crippen LogP contribution < -0.4 is 10.6 Å². The van der Waals surface area contributed by atoms with Crippen molar-refractivity contribution < 1.29 is 4.74 Å². The number of fused-ring (bicyclic) bond motifs is 1. The maximum atomic E-state index is 5.63. The van der Waals surface area contributed by atoms with Crippen LogP contribution in [0.3, 0.4) is 0 Å². The summed E-state index contributed by atoms with van der Waals surface area (Å²) in [7, 11) is 1.80. The van der Waals surface area contributed by atoms with Crippen molar-refractivity contribution in [1.82, 2.24) is 15.6 Å². The third-order valence-electron chi connectivity index (χ3n) is 4.51. The molecule has 3 rings (SSSR count). The number of aromatic amines is 1. The third kappa shape index (κ3) is 5.88. The molecule has 1 aliphatic carbocycles. The minimum Gasteiger partial charge on any atom is -0.379 e. The molecule has 1 heterocycles. The summed E-state index contributed by atoms with van der Waals surface area (Å²) in [5, 5.41) is 7.98. The zero-order valence-corrected chi connectivity index (χ0v) is 17.4. The second kappa shape index (κ2) is 10.0. The number of ether oxygens (including phenoxy) is 1. The standard InChI is InChI=1S/C19H28N4O.HI/c1-14-4-3-5-17-16(12-23-18(14)17)8-9-21-19(20-2)22-10-11-24-13-15-6-7-15;/h3-5,12,15,23H,6-11,13H2,1-2H3,(H2,20,21,22);1H. The van der Waals surface area contributed by atoms with Gasteiger partial charge in [-0.3, -0.25) is 4.99 Å². The van der Waals surface area contributed by atoms with Crippen molar-refractivity contribution in [2.24, 2.45) is 10.9 Å². The van der Waals surface area contributed by atoms with Gasteiger partial charge in [0.2, 0.25) is 0 Å². The monoisotopic (exact) mass is 456 g/mol. The molecule has 1 aliphatic rings. The molecule has 138 valence electrons. The van der Waals surface area contributed by atoms with Gasteiger partial charge in [0.25, 0.3) is 0 Å². The summed E-state index contributed by atoms with van der Waals surface area (Å²) in [6.45, 7) is 5.42. The molecule has 1 aromatic carbocycles. The minimum atomic E-state index is 0. The van der Waals surface area contributed by atoms with Gasteiger partial charge in [0.15, 0.2) is 5.96 Å². The smallest absolute Gasteiger partial charge is 0.191 e. The fraction of sp³-hybridized carbons (Fsp3) is 0.526. The van der Waals surface area contributed by atoms with Crippen molar-refractivity contribution in [1.29, 1.82) is 0 Å². The molecule has 0 spiro atoms. The van der Waals surface area contributed by atoms with E-state index in [0.717, 1.165) is 44.6 Å². The van der Waals surface area contributed by atoms with E-state index in [1.165, 1.54) is 34.9 Å². The average Bonchev–Trinajstić information content (AvgIpc) is 3.32. The number of hydrogen-bond acceptors (Lipinski definition) is 2. The molecule has 6 heteroatoms. The summed E-state index contributed by atoms with van der Waals surface area (Å²) in [5.41, 5.74) is 3.86. The van der Waals surface area contributed by atoms with Crippen LogP contribution in [0.2, 0.25) is 0 Å². The molecule has 0 saturated heterocycles. The molecule has 0 bridgehead atoms. The summed E-state index contributed by atoms with van der Waals surface area (Å²) in [6, 6.07) is 6.43. The van der Waals surface area contributed by atoms with Crippen LogP contribution >= 0.6 is 24.0 Å². The van der Waals surface area contributed by atoms with E-state index in [9.17, 15) is 0 Å². The fourth-order valence-electron chi connectivity index (χ4n) is 2.88. The molecule has 1 fully saturated rings. The van der Waals surface area contributed by atoms with Crippen molar-refractivity contribution in [2.75, 3.05) is 33.4 Å². The number of aryl methyl sites for hydroxylation is 1. The van der Waals surface area contributed by atoms with E-state index < -0.39 is 0 Å². The van der Waals surface area contributed by atoms with Gasteiger partial charge in [-0.25, -0.2) is 0 Å². The number of benzene rings is 1. The van der Waals surface area contributed by atoms with Gasteiger partial charge in [-0.2, -0.15) is 0 Å². The minimum absolute atomic E-state index is 0. The number of aromatic nitrogens is 1. The Bertz CT molecular complexity index is 694. The predicted octanol–water partition coefficient (Wildman–Crippen LogP) is 3.23. The summed E-state index contributed by atoms with van der Waals surface area (Å²) >= 11 is 0. The Labute approximate surface area is 167 Å². The molecule has 0 aliphatic heterocycles. The molecule has 0 radical (unpaired) electrons. The van der Waals surface area contributed by atoms with Crippen molar-refractivity contribution in [3.05, 3.63) is 35.5 Å². The van der Waals surface area contributed by atoms with E-state index in [4.69, 9.17) is 4.74 Å². The molecule has 1 saturated carbocycles. The molecule has 5 nitrogen and oxygen atoms in total. The molecular weight excluding hydrogens is 427 g/mol. The number of para-hydroxylation sites is 1. The lowest BCUT2D eigenvalue weighted by molar-refractivity contribution is 0.129. The first-order valence-corrected chi connectivity index (χ1v) is 8.85. The van der Waals surface area contributed by atoms with E-state index in [1.54, 1.807) is 7.05 Å². The first-order chi connectivity index (χ1) is 11.8. The molecule has 25 heavy (non-hydrogen) atoms. The number of nitrogens with one attached hydrogen (secondary N) is 3. The van der Waals surface area contributed by atoms with Crippen molar-refractivity contribution in [2.45, 2.75) is 26.2 Å². The number of rotatable bonds is 8. The van der Waals surface area contributed by atoms with Gasteiger partial charge in [0.05, 0.1) is 6.61 Å². The molecule has 0 atom stereocenters. The molecule has 3 N–H and O–H groups in total. The highest BCUT2D eigenvalue weighted by Gasteiger charge is 2.20. The Morgan fingerprint density at radius 1 is 1.28 bits per heavy atom. The molecule has 1 aromatic heterocycles. The van der Waals surface area contributed by atoms with Crippen molar-refractivity contribution in [3.8, 4) is 0 Å². The number of aliphatic imine (C=N–C) groups is 1. The summed E-state index contributed by atoms with van der Waals surface area (Å²) < 4.78 is 5.63. The van der Waals surface area contributed by atoms with Gasteiger partial charge in [-0.15, -0.1) is 24.0 Å². The maximum absolute atomic E-state index is 5.63. The number of halogens is 1. The summed E-state index contributed by atoms with van der Waals surface area (Å²) in [4.78, 5) is 7.64. The van der Waals surface area contributed by atoms with Crippen LogP contribution in [0.25, 0.3) is 10.9 Å². The lowest BCUT2D eigenvalue weighted by Gasteiger charge is -2.12. The fourth-order valence-corrected chi connectivity index (χ4v) is 2.88. The van der Waals surface area contributed by atoms with Crippen LogP contribution in [0, 0.1) is 12.8 Å². The second-order valence-corrected chi connectivity index (χ2v) is 6.51. The lowest BCUT2D eigenvalue weighted by atomic mass is 10.1. The number of guanidine groups is 1. The van der Waals surface area contributed by atoms with E-state index in [2.05, 4.69) is 51.9 Å². The molecular formula is C19H29IN4O. The number of hydrogen-bond donors (Lipinski definition) is 3. The Hall–Kier alpha value is -1.28. The number of nitrogens with zero attached hydrogens (tertiary/aromatic N) is 1. The quantitative estimate of drug-likeness (QED) is 0.248. The van der Waals surface area contributed by atoms with Gasteiger partial charge in [0, 0.05) is 43.8 Å². The molecule has 2 aromatic rings. The van der Waals surface area contributed by atoms with E-state index in [-0.39, 0.29) is 24.0 Å². The zero-order valence-electron chi connectivity index (χ0n) is 15.1. The van der Waals surface area contributed by atoms with Gasteiger partial charge in [0.1, 0.15) is 0 Å². The summed E-state index contributed by atoms with van der Waals surface area (Å²) in [5.74, 6) is 1.66. The average molecular weight is 456 g/mol. The van der Waals surface area contributed by atoms with Crippen LogP contribution in [0.15, 0.2) is 29.4 Å². The Morgan fingerprint density at radius 2 is 2.08 bits per heavy atom. The SMILES string of the molecule is CN=C(NCCOCC1CC1)NCCc1c[nH]c2c(C)cccc12.I. The van der Waals surface area contributed by atoms with E-state index >= 15 is 0 Å². The Kier molecular flexibility index (Phi) is 8.02. The first kappa shape index (κ1) is 20.0. The van der Waals surface area contributed by atoms with Gasteiger partial charge in [-0.1, -0.05) is 18.2 Å². The number of H-pyrrole nitrogens is 1. The van der Waals surface area contributed by atoms with Crippen molar-refractivity contribution in [3.63, 3.8) is 0 Å². The normalized spacial score (nSPS) is 14.4. The zero-order chi connectivity index (χ0) is 16.8. The van der Waals surface area contributed by atoms with Gasteiger partial charge in [-0.05, 0) is 43.2 Å². The largest absolute Gasteiger partial charge is 0.379 e. The predicted molar refractivity (Wildman–Crippen MR) is 115 cm³/mol. The van der Waals surface area contributed by atoms with Crippen LogP contribution in [-0.4, -0.2) is 44.3 Å². The van der Waals surface area contributed by atoms with Gasteiger partial charge < -0.3 is 20.4 Å². The maximum Gasteiger partial charge on any atom is 0.191 e.